The molecule has 0 saturated carbocycles. The predicted molar refractivity (Wildman–Crippen MR) is 80.4 cm³/mol. The first-order valence-electron chi connectivity index (χ1n) is 7.21. The zero-order chi connectivity index (χ0) is 17.4. The van der Waals surface area contributed by atoms with Crippen LogP contribution in [-0.4, -0.2) is 39.7 Å². The fraction of sp³-hybridized carbons (Fsp3) is 0.533. The molecule has 2 rings (SSSR count). The number of amides is 1. The lowest BCUT2D eigenvalue weighted by molar-refractivity contribution is -0.142. The molecule has 1 aromatic heterocycles. The molecule has 0 bridgehead atoms. The van der Waals surface area contributed by atoms with Crippen molar-refractivity contribution < 1.29 is 24.5 Å². The molecule has 0 radical (unpaired) electrons. The summed E-state index contributed by atoms with van der Waals surface area (Å²) in [5.41, 5.74) is -1.13. The Morgan fingerprint density at radius 2 is 2.00 bits per heavy atom. The summed E-state index contributed by atoms with van der Waals surface area (Å²) in [5.74, 6) is -2.61. The third kappa shape index (κ3) is 3.37. The highest BCUT2D eigenvalue weighted by Gasteiger charge is 2.34. The standard InChI is InChI=1S/C15H20N2O6/c1-15(2,3)11(14(21)22)17-13(20)9-10(18)7-6-23-5-4-8(7)16-12(9)19/h11H,4-6H2,1-3H3,(H,17,20)(H,21,22)(H2,16,18,19). The topological polar surface area (TPSA) is 129 Å². The van der Waals surface area contributed by atoms with Gasteiger partial charge in [0.2, 0.25) is 0 Å². The van der Waals surface area contributed by atoms with E-state index in [0.29, 0.717) is 24.3 Å². The maximum atomic E-state index is 12.3. The largest absolute Gasteiger partial charge is 0.506 e. The van der Waals surface area contributed by atoms with E-state index in [-0.39, 0.29) is 6.61 Å². The minimum atomic E-state index is -1.22. The van der Waals surface area contributed by atoms with Crippen molar-refractivity contribution in [1.29, 1.82) is 0 Å². The van der Waals surface area contributed by atoms with Crippen LogP contribution in [0.5, 0.6) is 5.75 Å². The van der Waals surface area contributed by atoms with Crippen molar-refractivity contribution >= 4 is 11.9 Å². The highest BCUT2D eigenvalue weighted by Crippen LogP contribution is 2.27. The average Bonchev–Trinajstić information content (AvgIpc) is 2.43. The second-order valence-corrected chi connectivity index (χ2v) is 6.55. The summed E-state index contributed by atoms with van der Waals surface area (Å²) < 4.78 is 5.22. The number of aliphatic carboxylic acids is 1. The number of nitrogens with one attached hydrogen (secondary N) is 2. The molecule has 2 heterocycles. The van der Waals surface area contributed by atoms with Crippen molar-refractivity contribution in [2.75, 3.05) is 6.61 Å². The van der Waals surface area contributed by atoms with Gasteiger partial charge in [-0.15, -0.1) is 0 Å². The number of carboxylic acid groups (broad SMARTS) is 1. The normalized spacial score (nSPS) is 15.6. The van der Waals surface area contributed by atoms with Gasteiger partial charge >= 0.3 is 5.97 Å². The fourth-order valence-electron chi connectivity index (χ4n) is 2.46. The van der Waals surface area contributed by atoms with Crippen molar-refractivity contribution in [3.8, 4) is 5.75 Å². The van der Waals surface area contributed by atoms with Crippen LogP contribution in [0.1, 0.15) is 42.4 Å². The Morgan fingerprint density at radius 1 is 1.35 bits per heavy atom. The maximum absolute atomic E-state index is 12.3. The Labute approximate surface area is 132 Å². The summed E-state index contributed by atoms with van der Waals surface area (Å²) >= 11 is 0. The Balaban J connectivity index is 2.40. The average molecular weight is 324 g/mol. The van der Waals surface area contributed by atoms with Gasteiger partial charge in [0.1, 0.15) is 17.4 Å². The number of aromatic amines is 1. The summed E-state index contributed by atoms with van der Waals surface area (Å²) in [5, 5.41) is 21.8. The summed E-state index contributed by atoms with van der Waals surface area (Å²) in [6, 6.07) is -1.21. The van der Waals surface area contributed by atoms with E-state index in [1.54, 1.807) is 20.8 Å². The van der Waals surface area contributed by atoms with Crippen molar-refractivity contribution in [1.82, 2.24) is 10.3 Å². The molecule has 0 aromatic carbocycles. The highest BCUT2D eigenvalue weighted by molar-refractivity contribution is 5.99. The van der Waals surface area contributed by atoms with Crippen LogP contribution in [0.25, 0.3) is 0 Å². The number of aromatic nitrogens is 1. The second-order valence-electron chi connectivity index (χ2n) is 6.55. The monoisotopic (exact) mass is 324 g/mol. The number of hydrogen-bond donors (Lipinski definition) is 4. The molecule has 8 nitrogen and oxygen atoms in total. The fourth-order valence-corrected chi connectivity index (χ4v) is 2.46. The van der Waals surface area contributed by atoms with Gasteiger partial charge in [0.05, 0.1) is 13.2 Å². The van der Waals surface area contributed by atoms with E-state index in [0.717, 1.165) is 0 Å². The number of H-pyrrole nitrogens is 1. The number of aromatic hydroxyl groups is 1. The van der Waals surface area contributed by atoms with Crippen LogP contribution in [0.4, 0.5) is 0 Å². The van der Waals surface area contributed by atoms with Gasteiger partial charge in [0.15, 0.2) is 0 Å². The zero-order valence-electron chi connectivity index (χ0n) is 13.2. The number of ether oxygens (including phenoxy) is 1. The summed E-state index contributed by atoms with van der Waals surface area (Å²) in [6.07, 6.45) is 0.430. The maximum Gasteiger partial charge on any atom is 0.326 e. The molecule has 0 fully saturated rings. The molecule has 1 amide bonds. The van der Waals surface area contributed by atoms with Crippen molar-refractivity contribution in [2.24, 2.45) is 5.41 Å². The van der Waals surface area contributed by atoms with Crippen molar-refractivity contribution in [2.45, 2.75) is 39.8 Å². The van der Waals surface area contributed by atoms with Crippen molar-refractivity contribution in [3.05, 3.63) is 27.2 Å². The van der Waals surface area contributed by atoms with Crippen LogP contribution in [-0.2, 0) is 22.6 Å². The van der Waals surface area contributed by atoms with E-state index in [1.807, 2.05) is 0 Å². The minimum Gasteiger partial charge on any atom is -0.506 e. The Kier molecular flexibility index (Phi) is 4.46. The first-order valence-corrected chi connectivity index (χ1v) is 7.21. The molecule has 4 N–H and O–H groups in total. The molecule has 0 saturated heterocycles. The Morgan fingerprint density at radius 3 is 2.57 bits per heavy atom. The van der Waals surface area contributed by atoms with E-state index in [2.05, 4.69) is 10.3 Å². The van der Waals surface area contributed by atoms with Gasteiger partial charge in [0.25, 0.3) is 11.5 Å². The third-order valence-corrected chi connectivity index (χ3v) is 3.74. The number of carboxylic acids is 1. The smallest absolute Gasteiger partial charge is 0.326 e. The predicted octanol–water partition coefficient (Wildman–Crippen LogP) is 0.382. The van der Waals surface area contributed by atoms with E-state index in [9.17, 15) is 24.6 Å². The highest BCUT2D eigenvalue weighted by atomic mass is 16.5. The number of fused-ring (bicyclic) bond motifs is 1. The van der Waals surface area contributed by atoms with E-state index >= 15 is 0 Å². The lowest BCUT2D eigenvalue weighted by Crippen LogP contribution is -2.50. The van der Waals surface area contributed by atoms with Crippen LogP contribution in [0.15, 0.2) is 4.79 Å². The molecule has 23 heavy (non-hydrogen) atoms. The first kappa shape index (κ1) is 17.0. The lowest BCUT2D eigenvalue weighted by atomic mass is 9.86. The minimum absolute atomic E-state index is 0.0832. The molecule has 1 aromatic rings. The van der Waals surface area contributed by atoms with E-state index in [1.165, 1.54) is 0 Å². The Bertz CT molecular complexity index is 701. The van der Waals surface area contributed by atoms with Gasteiger partial charge in [-0.2, -0.15) is 0 Å². The molecule has 0 spiro atoms. The Hall–Kier alpha value is -2.35. The summed E-state index contributed by atoms with van der Waals surface area (Å²) in [4.78, 5) is 38.3. The molecular weight excluding hydrogens is 304 g/mol. The van der Waals surface area contributed by atoms with Gasteiger partial charge in [0, 0.05) is 17.7 Å². The van der Waals surface area contributed by atoms with Gasteiger partial charge in [-0.1, -0.05) is 20.8 Å². The van der Waals surface area contributed by atoms with Gasteiger partial charge < -0.3 is 25.3 Å². The molecule has 1 atom stereocenters. The van der Waals surface area contributed by atoms with Crippen LogP contribution in [0.2, 0.25) is 0 Å². The number of carbonyl (C=O) groups excluding carboxylic acids is 1. The number of hydrogen-bond acceptors (Lipinski definition) is 5. The molecule has 126 valence electrons. The molecule has 8 heteroatoms. The summed E-state index contributed by atoms with van der Waals surface area (Å²) in [7, 11) is 0. The van der Waals surface area contributed by atoms with Crippen LogP contribution < -0.4 is 10.9 Å². The lowest BCUT2D eigenvalue weighted by Gasteiger charge is -2.28. The molecular formula is C15H20N2O6. The first-order chi connectivity index (χ1) is 10.6. The molecule has 1 aliphatic heterocycles. The van der Waals surface area contributed by atoms with Gasteiger partial charge in [-0.25, -0.2) is 4.79 Å². The second kappa shape index (κ2) is 6.04. The molecule has 1 unspecified atom stereocenters. The SMILES string of the molecule is CC(C)(C)C(NC(=O)c1c(O)c2c([nH]c1=O)CCOC2)C(=O)O. The van der Waals surface area contributed by atoms with Crippen LogP contribution >= 0.6 is 0 Å². The zero-order valence-corrected chi connectivity index (χ0v) is 13.2. The number of pyridine rings is 1. The molecule has 0 aliphatic carbocycles. The van der Waals surface area contributed by atoms with Crippen LogP contribution in [0.3, 0.4) is 0 Å². The number of carbonyl (C=O) groups is 2. The van der Waals surface area contributed by atoms with E-state index in [4.69, 9.17) is 4.74 Å². The van der Waals surface area contributed by atoms with Crippen molar-refractivity contribution in [3.63, 3.8) is 0 Å². The molecule has 1 aliphatic rings. The van der Waals surface area contributed by atoms with E-state index < -0.39 is 40.2 Å². The third-order valence-electron chi connectivity index (χ3n) is 3.74. The van der Waals surface area contributed by atoms with Gasteiger partial charge in [-0.05, 0) is 5.41 Å². The summed E-state index contributed by atoms with van der Waals surface area (Å²) in [6.45, 7) is 5.45. The number of rotatable bonds is 3. The van der Waals surface area contributed by atoms with Crippen LogP contribution in [0, 0.1) is 5.41 Å². The quantitative estimate of drug-likeness (QED) is 0.636. The van der Waals surface area contributed by atoms with Gasteiger partial charge in [-0.3, -0.25) is 9.59 Å².